The molecule has 0 bridgehead atoms. The maximum absolute atomic E-state index is 10.9. The van der Waals surface area contributed by atoms with Gasteiger partial charge in [-0.25, -0.2) is 0 Å². The molecule has 15 heavy (non-hydrogen) atoms. The second-order valence-corrected chi connectivity index (χ2v) is 3.86. The summed E-state index contributed by atoms with van der Waals surface area (Å²) in [7, 11) is 1.63. The molecule has 1 atom stereocenters. The summed E-state index contributed by atoms with van der Waals surface area (Å²) in [6, 6.07) is 7.76. The molecule has 0 aliphatic carbocycles. The van der Waals surface area contributed by atoms with Crippen molar-refractivity contribution in [3.8, 4) is 5.75 Å². The van der Waals surface area contributed by atoms with Crippen molar-refractivity contribution in [1.29, 1.82) is 0 Å². The molecule has 1 aromatic rings. The predicted molar refractivity (Wildman–Crippen MR) is 61.5 cm³/mol. The molecule has 82 valence electrons. The lowest BCUT2D eigenvalue weighted by Crippen LogP contribution is -2.01. The number of halogens is 1. The van der Waals surface area contributed by atoms with E-state index in [1.165, 1.54) is 0 Å². The van der Waals surface area contributed by atoms with Gasteiger partial charge in [0.25, 0.3) is 0 Å². The first-order valence-corrected chi connectivity index (χ1v) is 5.37. The van der Waals surface area contributed by atoms with Crippen LogP contribution in [0.4, 0.5) is 0 Å². The van der Waals surface area contributed by atoms with E-state index in [0.29, 0.717) is 6.42 Å². The largest absolute Gasteiger partial charge is 0.497 e. The van der Waals surface area contributed by atoms with Crippen LogP contribution in [0.25, 0.3) is 0 Å². The molecular formula is C12H15ClO2. The third-order valence-corrected chi connectivity index (χ3v) is 2.64. The molecule has 3 heteroatoms. The Morgan fingerprint density at radius 2 is 2.00 bits per heavy atom. The first-order chi connectivity index (χ1) is 7.17. The fourth-order valence-electron chi connectivity index (χ4n) is 1.57. The minimum absolute atomic E-state index is 0.209. The van der Waals surface area contributed by atoms with E-state index in [1.54, 1.807) is 7.11 Å². The van der Waals surface area contributed by atoms with Crippen LogP contribution in [0.1, 0.15) is 31.2 Å². The predicted octanol–water partition coefficient (Wildman–Crippen LogP) is 3.34. The summed E-state index contributed by atoms with van der Waals surface area (Å²) in [4.78, 5) is 10.9. The van der Waals surface area contributed by atoms with Gasteiger partial charge in [0.1, 0.15) is 5.75 Å². The number of carbonyl (C=O) groups is 1. The maximum Gasteiger partial charge on any atom is 0.222 e. The summed E-state index contributed by atoms with van der Waals surface area (Å²) >= 11 is 5.40. The van der Waals surface area contributed by atoms with E-state index in [4.69, 9.17) is 16.3 Å². The molecule has 0 amide bonds. The van der Waals surface area contributed by atoms with Crippen LogP contribution in [-0.4, -0.2) is 12.4 Å². The SMILES string of the molecule is CCC(CC(=O)Cl)c1ccc(OC)cc1. The van der Waals surface area contributed by atoms with Crippen molar-refractivity contribution in [1.82, 2.24) is 0 Å². The van der Waals surface area contributed by atoms with E-state index in [2.05, 4.69) is 6.92 Å². The zero-order valence-electron chi connectivity index (χ0n) is 9.00. The van der Waals surface area contributed by atoms with E-state index in [0.717, 1.165) is 17.7 Å². The Morgan fingerprint density at radius 1 is 1.40 bits per heavy atom. The number of methoxy groups -OCH3 is 1. The monoisotopic (exact) mass is 226 g/mol. The van der Waals surface area contributed by atoms with Gasteiger partial charge < -0.3 is 4.74 Å². The number of hydrogen-bond donors (Lipinski definition) is 0. The fraction of sp³-hybridized carbons (Fsp3) is 0.417. The van der Waals surface area contributed by atoms with Gasteiger partial charge in [0.15, 0.2) is 0 Å². The summed E-state index contributed by atoms with van der Waals surface area (Å²) in [6.45, 7) is 2.05. The lowest BCUT2D eigenvalue weighted by Gasteiger charge is -2.13. The highest BCUT2D eigenvalue weighted by Crippen LogP contribution is 2.25. The first-order valence-electron chi connectivity index (χ1n) is 4.99. The van der Waals surface area contributed by atoms with E-state index in [9.17, 15) is 4.79 Å². The maximum atomic E-state index is 10.9. The molecule has 0 aliphatic heterocycles. The van der Waals surface area contributed by atoms with Crippen molar-refractivity contribution >= 4 is 16.8 Å². The second-order valence-electron chi connectivity index (χ2n) is 3.44. The van der Waals surface area contributed by atoms with Gasteiger partial charge >= 0.3 is 0 Å². The van der Waals surface area contributed by atoms with E-state index in [1.807, 2.05) is 24.3 Å². The fourth-order valence-corrected chi connectivity index (χ4v) is 1.75. The molecule has 2 nitrogen and oxygen atoms in total. The third kappa shape index (κ3) is 3.56. The normalized spacial score (nSPS) is 12.2. The smallest absolute Gasteiger partial charge is 0.222 e. The van der Waals surface area contributed by atoms with Crippen molar-refractivity contribution in [2.45, 2.75) is 25.7 Å². The van der Waals surface area contributed by atoms with Gasteiger partial charge in [0.2, 0.25) is 5.24 Å². The van der Waals surface area contributed by atoms with Crippen LogP contribution < -0.4 is 4.74 Å². The van der Waals surface area contributed by atoms with Gasteiger partial charge in [-0.2, -0.15) is 0 Å². The minimum atomic E-state index is -0.280. The Balaban J connectivity index is 2.78. The molecule has 0 aliphatic rings. The van der Waals surface area contributed by atoms with Crippen molar-refractivity contribution < 1.29 is 9.53 Å². The van der Waals surface area contributed by atoms with Crippen LogP contribution in [0, 0.1) is 0 Å². The Hall–Kier alpha value is -1.02. The van der Waals surface area contributed by atoms with E-state index >= 15 is 0 Å². The van der Waals surface area contributed by atoms with Crippen molar-refractivity contribution in [2.75, 3.05) is 7.11 Å². The third-order valence-electron chi connectivity index (χ3n) is 2.49. The molecule has 0 saturated heterocycles. The standard InChI is InChI=1S/C12H15ClO2/c1-3-9(8-12(13)14)10-4-6-11(15-2)7-5-10/h4-7,9H,3,8H2,1-2H3. The summed E-state index contributed by atoms with van der Waals surface area (Å²) in [5.74, 6) is 1.03. The Labute approximate surface area is 95.2 Å². The van der Waals surface area contributed by atoms with Gasteiger partial charge in [0.05, 0.1) is 7.11 Å². The highest BCUT2D eigenvalue weighted by molar-refractivity contribution is 6.63. The molecule has 0 N–H and O–H groups in total. The first kappa shape index (κ1) is 12.1. The molecule has 0 fully saturated rings. The van der Waals surface area contributed by atoms with E-state index in [-0.39, 0.29) is 11.2 Å². The highest BCUT2D eigenvalue weighted by Gasteiger charge is 2.12. The van der Waals surface area contributed by atoms with Crippen LogP contribution in [-0.2, 0) is 4.79 Å². The van der Waals surface area contributed by atoms with Crippen LogP contribution in [0.15, 0.2) is 24.3 Å². The molecule has 1 aromatic carbocycles. The van der Waals surface area contributed by atoms with Crippen molar-refractivity contribution in [3.05, 3.63) is 29.8 Å². The molecule has 0 radical (unpaired) electrons. The zero-order valence-corrected chi connectivity index (χ0v) is 9.75. The van der Waals surface area contributed by atoms with Gasteiger partial charge in [-0.1, -0.05) is 19.1 Å². The van der Waals surface area contributed by atoms with Crippen LogP contribution >= 0.6 is 11.6 Å². The highest BCUT2D eigenvalue weighted by atomic mass is 35.5. The Kier molecular flexibility index (Phi) is 4.63. The van der Waals surface area contributed by atoms with Crippen LogP contribution in [0.3, 0.4) is 0 Å². The second kappa shape index (κ2) is 5.76. The number of carbonyl (C=O) groups excluding carboxylic acids is 1. The van der Waals surface area contributed by atoms with Gasteiger partial charge in [-0.3, -0.25) is 4.79 Å². The summed E-state index contributed by atoms with van der Waals surface area (Å²) < 4.78 is 5.07. The number of hydrogen-bond acceptors (Lipinski definition) is 2. The Bertz CT molecular complexity index is 319. The van der Waals surface area contributed by atoms with E-state index < -0.39 is 0 Å². The average molecular weight is 227 g/mol. The topological polar surface area (TPSA) is 26.3 Å². The van der Waals surface area contributed by atoms with Gasteiger partial charge in [-0.15, -0.1) is 0 Å². The lowest BCUT2D eigenvalue weighted by atomic mass is 9.94. The molecule has 1 rings (SSSR count). The molecule has 0 spiro atoms. The molecule has 0 heterocycles. The summed E-state index contributed by atoms with van der Waals surface area (Å²) in [5.41, 5.74) is 1.13. The quantitative estimate of drug-likeness (QED) is 0.720. The number of benzene rings is 1. The average Bonchev–Trinajstić information content (AvgIpc) is 2.26. The molecule has 1 unspecified atom stereocenters. The Morgan fingerprint density at radius 3 is 2.40 bits per heavy atom. The van der Waals surface area contributed by atoms with Crippen LogP contribution in [0.2, 0.25) is 0 Å². The van der Waals surface area contributed by atoms with Gasteiger partial charge in [0, 0.05) is 6.42 Å². The zero-order chi connectivity index (χ0) is 11.3. The summed E-state index contributed by atoms with van der Waals surface area (Å²) in [6.07, 6.45) is 1.30. The van der Waals surface area contributed by atoms with Crippen LogP contribution in [0.5, 0.6) is 5.75 Å². The van der Waals surface area contributed by atoms with Crippen molar-refractivity contribution in [2.24, 2.45) is 0 Å². The number of ether oxygens (including phenoxy) is 1. The number of rotatable bonds is 5. The molecule has 0 saturated carbocycles. The lowest BCUT2D eigenvalue weighted by molar-refractivity contribution is -0.112. The summed E-state index contributed by atoms with van der Waals surface area (Å²) in [5, 5.41) is -0.280. The van der Waals surface area contributed by atoms with Crippen molar-refractivity contribution in [3.63, 3.8) is 0 Å². The van der Waals surface area contributed by atoms with Gasteiger partial charge in [-0.05, 0) is 41.6 Å². The molecule has 0 aromatic heterocycles. The molecular weight excluding hydrogens is 212 g/mol. The minimum Gasteiger partial charge on any atom is -0.497 e.